The molecule has 0 aliphatic carbocycles. The van der Waals surface area contributed by atoms with E-state index in [1.165, 1.54) is 0 Å². The highest BCUT2D eigenvalue weighted by Crippen LogP contribution is 2.15. The molecule has 2 nitrogen and oxygen atoms in total. The van der Waals surface area contributed by atoms with Crippen LogP contribution in [0.5, 0.6) is 0 Å². The topological polar surface area (TPSA) is 25.2 Å². The molecule has 2 heteroatoms. The molecule has 0 aromatic carbocycles. The number of furan rings is 1. The quantitative estimate of drug-likeness (QED) is 0.555. The Bertz CT molecular complexity index is 237. The fourth-order valence-corrected chi connectivity index (χ4v) is 0.791. The van der Waals surface area contributed by atoms with Gasteiger partial charge in [0.15, 0.2) is 6.54 Å². The van der Waals surface area contributed by atoms with Crippen LogP contribution in [0.1, 0.15) is 11.3 Å². The molecule has 1 aromatic heterocycles. The highest BCUT2D eigenvalue weighted by molar-refractivity contribution is 5.54. The van der Waals surface area contributed by atoms with Gasteiger partial charge in [-0.05, 0) is 18.3 Å². The molecular formula is C7H5NO. The second kappa shape index (κ2) is 1.65. The van der Waals surface area contributed by atoms with Crippen molar-refractivity contribution in [3.8, 4) is 0 Å². The van der Waals surface area contributed by atoms with Gasteiger partial charge in [-0.2, -0.15) is 0 Å². The lowest BCUT2D eigenvalue weighted by Gasteiger charge is -2.01. The molecule has 44 valence electrons. The van der Waals surface area contributed by atoms with Crippen LogP contribution in [0.3, 0.4) is 0 Å². The minimum Gasteiger partial charge on any atom is -0.466 e. The molecule has 1 aromatic rings. The van der Waals surface area contributed by atoms with Gasteiger partial charge in [0.25, 0.3) is 0 Å². The van der Waals surface area contributed by atoms with E-state index in [4.69, 9.17) is 4.42 Å². The van der Waals surface area contributed by atoms with Gasteiger partial charge in [-0.1, -0.05) is 0 Å². The van der Waals surface area contributed by atoms with E-state index < -0.39 is 0 Å². The average Bonchev–Trinajstić information content (AvgIpc) is 2.33. The maximum Gasteiger partial charge on any atom is 0.163 e. The summed E-state index contributed by atoms with van der Waals surface area (Å²) in [6.07, 6.45) is 5.40. The third-order valence-electron chi connectivity index (χ3n) is 1.23. The van der Waals surface area contributed by atoms with Crippen molar-refractivity contribution in [1.29, 1.82) is 0 Å². The van der Waals surface area contributed by atoms with Gasteiger partial charge in [0.1, 0.15) is 5.76 Å². The molecule has 0 bridgehead atoms. The van der Waals surface area contributed by atoms with Gasteiger partial charge in [-0.3, -0.25) is 0 Å². The monoisotopic (exact) mass is 119 g/mol. The fourth-order valence-electron chi connectivity index (χ4n) is 0.791. The zero-order valence-corrected chi connectivity index (χ0v) is 4.72. The SMILES string of the molecule is [C]1NC=Cc2ccoc21. The van der Waals surface area contributed by atoms with Crippen molar-refractivity contribution in [2.24, 2.45) is 0 Å². The minimum absolute atomic E-state index is 0.775. The summed E-state index contributed by atoms with van der Waals surface area (Å²) in [5.41, 5.74) is 1.08. The largest absolute Gasteiger partial charge is 0.466 e. The standard InChI is InChI=1S/C7H5NO/c1-3-8-5-7-6(1)2-4-9-7/h1-4,8H. The van der Waals surface area contributed by atoms with Gasteiger partial charge in [-0.15, -0.1) is 0 Å². The van der Waals surface area contributed by atoms with E-state index in [0.717, 1.165) is 11.3 Å². The van der Waals surface area contributed by atoms with Gasteiger partial charge in [0, 0.05) is 5.56 Å². The molecule has 2 rings (SSSR count). The van der Waals surface area contributed by atoms with Crippen molar-refractivity contribution in [1.82, 2.24) is 5.32 Å². The molecule has 0 unspecified atom stereocenters. The lowest BCUT2D eigenvalue weighted by Crippen LogP contribution is -2.04. The van der Waals surface area contributed by atoms with Crippen molar-refractivity contribution in [2.75, 3.05) is 0 Å². The van der Waals surface area contributed by atoms with E-state index in [1.54, 1.807) is 6.26 Å². The maximum absolute atomic E-state index is 5.03. The average molecular weight is 119 g/mol. The molecular weight excluding hydrogens is 114 g/mol. The summed E-state index contributed by atoms with van der Waals surface area (Å²) in [5.74, 6) is 0.775. The molecule has 2 radical (unpaired) electrons. The van der Waals surface area contributed by atoms with Crippen LogP contribution in [0.4, 0.5) is 0 Å². The Morgan fingerprint density at radius 2 is 2.56 bits per heavy atom. The molecule has 0 spiro atoms. The number of rotatable bonds is 0. The zero-order valence-electron chi connectivity index (χ0n) is 4.72. The lowest BCUT2D eigenvalue weighted by molar-refractivity contribution is 0.532. The summed E-state index contributed by atoms with van der Waals surface area (Å²) in [5, 5.41) is 2.80. The molecule has 0 atom stereocenters. The molecule has 0 fully saturated rings. The van der Waals surface area contributed by atoms with Crippen molar-refractivity contribution < 1.29 is 4.42 Å². The lowest BCUT2D eigenvalue weighted by atomic mass is 10.2. The van der Waals surface area contributed by atoms with Gasteiger partial charge < -0.3 is 9.73 Å². The summed E-state index contributed by atoms with van der Waals surface area (Å²) in [7, 11) is 0. The Balaban J connectivity index is 2.53. The van der Waals surface area contributed by atoms with Gasteiger partial charge in [0.05, 0.1) is 6.26 Å². The van der Waals surface area contributed by atoms with Crippen LogP contribution >= 0.6 is 0 Å². The maximum atomic E-state index is 5.03. The first-order chi connectivity index (χ1) is 4.47. The fraction of sp³-hybridized carbons (Fsp3) is 0. The molecule has 1 N–H and O–H groups in total. The summed E-state index contributed by atoms with van der Waals surface area (Å²) >= 11 is 0. The van der Waals surface area contributed by atoms with Crippen molar-refractivity contribution in [3.63, 3.8) is 0 Å². The second-order valence-corrected chi connectivity index (χ2v) is 1.81. The van der Waals surface area contributed by atoms with E-state index in [1.807, 2.05) is 18.3 Å². The highest BCUT2D eigenvalue weighted by atomic mass is 16.3. The molecule has 1 aliphatic heterocycles. The summed E-state index contributed by atoms with van der Waals surface area (Å²) in [6, 6.07) is 1.90. The normalized spacial score (nSPS) is 14.7. The van der Waals surface area contributed by atoms with Gasteiger partial charge in [0.2, 0.25) is 0 Å². The third-order valence-corrected chi connectivity index (χ3v) is 1.23. The Morgan fingerprint density at radius 3 is 3.44 bits per heavy atom. The number of fused-ring (bicyclic) bond motifs is 1. The molecule has 2 heterocycles. The predicted molar refractivity (Wildman–Crippen MR) is 33.2 cm³/mol. The van der Waals surface area contributed by atoms with E-state index >= 15 is 0 Å². The van der Waals surface area contributed by atoms with Crippen LogP contribution < -0.4 is 5.32 Å². The molecule has 0 saturated heterocycles. The third kappa shape index (κ3) is 0.633. The van der Waals surface area contributed by atoms with Crippen molar-refractivity contribution in [3.05, 3.63) is 36.4 Å². The van der Waals surface area contributed by atoms with E-state index in [-0.39, 0.29) is 0 Å². The first kappa shape index (κ1) is 4.68. The Kier molecular flexibility index (Phi) is 0.859. The first-order valence-corrected chi connectivity index (χ1v) is 2.72. The summed E-state index contributed by atoms with van der Waals surface area (Å²) < 4.78 is 5.03. The Morgan fingerprint density at radius 1 is 1.56 bits per heavy atom. The van der Waals surface area contributed by atoms with Crippen molar-refractivity contribution in [2.45, 2.75) is 0 Å². The smallest absolute Gasteiger partial charge is 0.163 e. The second-order valence-electron chi connectivity index (χ2n) is 1.81. The number of hydrogen-bond acceptors (Lipinski definition) is 2. The zero-order chi connectivity index (χ0) is 6.10. The van der Waals surface area contributed by atoms with E-state index in [0.29, 0.717) is 0 Å². The van der Waals surface area contributed by atoms with Gasteiger partial charge in [-0.25, -0.2) is 0 Å². The van der Waals surface area contributed by atoms with Crippen LogP contribution in [0.25, 0.3) is 6.08 Å². The number of hydrogen-bond donors (Lipinski definition) is 1. The van der Waals surface area contributed by atoms with Gasteiger partial charge >= 0.3 is 0 Å². The molecule has 0 amide bonds. The number of nitrogens with one attached hydrogen (secondary N) is 1. The highest BCUT2D eigenvalue weighted by Gasteiger charge is 2.06. The van der Waals surface area contributed by atoms with Crippen LogP contribution in [-0.2, 0) is 0 Å². The van der Waals surface area contributed by atoms with Crippen molar-refractivity contribution >= 4 is 6.08 Å². The van der Waals surface area contributed by atoms with E-state index in [2.05, 4.69) is 11.9 Å². The minimum atomic E-state index is 0.775. The summed E-state index contributed by atoms with van der Waals surface area (Å²) in [4.78, 5) is 0. The van der Waals surface area contributed by atoms with Crippen LogP contribution in [-0.4, -0.2) is 0 Å². The van der Waals surface area contributed by atoms with Crippen LogP contribution in [0.15, 0.2) is 22.9 Å². The molecule has 9 heavy (non-hydrogen) atoms. The Labute approximate surface area is 53.2 Å². The molecule has 1 aliphatic rings. The van der Waals surface area contributed by atoms with Crippen LogP contribution in [0.2, 0.25) is 0 Å². The van der Waals surface area contributed by atoms with Crippen LogP contribution in [0, 0.1) is 6.54 Å². The van der Waals surface area contributed by atoms with E-state index in [9.17, 15) is 0 Å². The molecule has 0 saturated carbocycles. The predicted octanol–water partition coefficient (Wildman–Crippen LogP) is 1.24. The Hall–Kier alpha value is -1.18. The first-order valence-electron chi connectivity index (χ1n) is 2.72. The summed E-state index contributed by atoms with van der Waals surface area (Å²) in [6.45, 7) is 2.84.